The molecule has 1 N–H and O–H groups in total. The van der Waals surface area contributed by atoms with Gasteiger partial charge in [-0.05, 0) is 41.5 Å². The van der Waals surface area contributed by atoms with Gasteiger partial charge in [0.2, 0.25) is 0 Å². The maximum Gasteiger partial charge on any atom is 0.335 e. The highest BCUT2D eigenvalue weighted by molar-refractivity contribution is 9.10. The molecular weight excluding hydrogens is 296 g/mol. The van der Waals surface area contributed by atoms with Crippen LogP contribution < -0.4 is 4.74 Å². The van der Waals surface area contributed by atoms with Gasteiger partial charge >= 0.3 is 5.97 Å². The zero-order chi connectivity index (χ0) is 13.1. The predicted octanol–water partition coefficient (Wildman–Crippen LogP) is 3.82. The monoisotopic (exact) mass is 306 g/mol. The topological polar surface area (TPSA) is 46.5 Å². The Balaban J connectivity index is 2.46. The molecule has 0 heterocycles. The molecule has 0 unspecified atom stereocenters. The summed E-state index contributed by atoms with van der Waals surface area (Å²) < 4.78 is 5.83. The highest BCUT2D eigenvalue weighted by Gasteiger charge is 2.07. The Morgan fingerprint density at radius 2 is 1.78 bits per heavy atom. The van der Waals surface area contributed by atoms with E-state index < -0.39 is 5.97 Å². The van der Waals surface area contributed by atoms with Gasteiger partial charge in [-0.2, -0.15) is 0 Å². The molecular formula is C14H11BrO3. The van der Waals surface area contributed by atoms with Crippen molar-refractivity contribution in [2.45, 2.75) is 0 Å². The Morgan fingerprint density at radius 3 is 2.33 bits per heavy atom. The number of hydrogen-bond donors (Lipinski definition) is 1. The minimum atomic E-state index is -0.939. The smallest absolute Gasteiger partial charge is 0.335 e. The number of halogens is 1. The maximum atomic E-state index is 11.0. The van der Waals surface area contributed by atoms with Gasteiger partial charge in [0.1, 0.15) is 5.75 Å². The lowest BCUT2D eigenvalue weighted by Crippen LogP contribution is -1.96. The van der Waals surface area contributed by atoms with Crippen molar-refractivity contribution in [2.75, 3.05) is 7.11 Å². The molecule has 2 aromatic rings. The van der Waals surface area contributed by atoms with Gasteiger partial charge < -0.3 is 9.84 Å². The van der Waals surface area contributed by atoms with Gasteiger partial charge in [-0.1, -0.05) is 28.1 Å². The predicted molar refractivity (Wildman–Crippen MR) is 73.1 cm³/mol. The lowest BCUT2D eigenvalue weighted by atomic mass is 10.0. The van der Waals surface area contributed by atoms with E-state index in [1.54, 1.807) is 19.2 Å². The maximum absolute atomic E-state index is 11.0. The van der Waals surface area contributed by atoms with Crippen molar-refractivity contribution in [3.63, 3.8) is 0 Å². The third-order valence-electron chi connectivity index (χ3n) is 2.57. The number of ether oxygens (including phenoxy) is 1. The van der Waals surface area contributed by atoms with Crippen LogP contribution in [0.25, 0.3) is 11.1 Å². The van der Waals surface area contributed by atoms with Gasteiger partial charge in [0.25, 0.3) is 0 Å². The zero-order valence-corrected chi connectivity index (χ0v) is 11.3. The molecule has 0 fully saturated rings. The van der Waals surface area contributed by atoms with Crippen LogP contribution in [0.1, 0.15) is 10.4 Å². The molecule has 0 saturated heterocycles. The summed E-state index contributed by atoms with van der Waals surface area (Å²) in [7, 11) is 1.61. The molecule has 2 aromatic carbocycles. The van der Waals surface area contributed by atoms with E-state index in [9.17, 15) is 4.79 Å². The van der Waals surface area contributed by atoms with Crippen molar-refractivity contribution in [2.24, 2.45) is 0 Å². The number of benzene rings is 2. The first kappa shape index (κ1) is 12.6. The van der Waals surface area contributed by atoms with E-state index in [1.807, 2.05) is 30.3 Å². The number of rotatable bonds is 3. The van der Waals surface area contributed by atoms with Gasteiger partial charge in [-0.25, -0.2) is 4.79 Å². The molecule has 0 atom stereocenters. The van der Waals surface area contributed by atoms with E-state index in [0.29, 0.717) is 0 Å². The van der Waals surface area contributed by atoms with Crippen LogP contribution in [0.4, 0.5) is 0 Å². The number of aromatic carboxylic acids is 1. The molecule has 0 aliphatic heterocycles. The summed E-state index contributed by atoms with van der Waals surface area (Å²) in [6, 6.07) is 12.6. The molecule has 92 valence electrons. The van der Waals surface area contributed by atoms with Crippen molar-refractivity contribution in [3.05, 3.63) is 52.5 Å². The molecule has 0 aromatic heterocycles. The SMILES string of the molecule is COc1ccc(-c2cc(Br)cc(C(=O)O)c2)cc1. The lowest BCUT2D eigenvalue weighted by molar-refractivity contribution is 0.0697. The molecule has 18 heavy (non-hydrogen) atoms. The number of carboxylic acid groups (broad SMARTS) is 1. The second-order valence-electron chi connectivity index (χ2n) is 3.76. The summed E-state index contributed by atoms with van der Waals surface area (Å²) >= 11 is 3.32. The van der Waals surface area contributed by atoms with Crippen LogP contribution in [0.5, 0.6) is 5.75 Å². The normalized spacial score (nSPS) is 10.1. The molecule has 0 saturated carbocycles. The van der Waals surface area contributed by atoms with E-state index in [4.69, 9.17) is 9.84 Å². The second kappa shape index (κ2) is 5.23. The van der Waals surface area contributed by atoms with E-state index in [0.717, 1.165) is 21.3 Å². The minimum absolute atomic E-state index is 0.259. The fraction of sp³-hybridized carbons (Fsp3) is 0.0714. The quantitative estimate of drug-likeness (QED) is 0.937. The highest BCUT2D eigenvalue weighted by Crippen LogP contribution is 2.26. The van der Waals surface area contributed by atoms with E-state index in [1.165, 1.54) is 0 Å². The van der Waals surface area contributed by atoms with Crippen molar-refractivity contribution in [1.82, 2.24) is 0 Å². The van der Waals surface area contributed by atoms with Gasteiger partial charge in [0, 0.05) is 4.47 Å². The molecule has 0 amide bonds. The Hall–Kier alpha value is -1.81. The summed E-state index contributed by atoms with van der Waals surface area (Å²) in [6.07, 6.45) is 0. The van der Waals surface area contributed by atoms with Gasteiger partial charge in [-0.15, -0.1) is 0 Å². The molecule has 0 aliphatic rings. The van der Waals surface area contributed by atoms with E-state index in [2.05, 4.69) is 15.9 Å². The van der Waals surface area contributed by atoms with Gasteiger partial charge in [0.15, 0.2) is 0 Å². The molecule has 0 radical (unpaired) electrons. The number of methoxy groups -OCH3 is 1. The van der Waals surface area contributed by atoms with Crippen molar-refractivity contribution in [1.29, 1.82) is 0 Å². The fourth-order valence-electron chi connectivity index (χ4n) is 1.66. The number of hydrogen-bond acceptors (Lipinski definition) is 2. The average molecular weight is 307 g/mol. The minimum Gasteiger partial charge on any atom is -0.497 e. The van der Waals surface area contributed by atoms with Crippen LogP contribution in [0.3, 0.4) is 0 Å². The van der Waals surface area contributed by atoms with E-state index in [-0.39, 0.29) is 5.56 Å². The summed E-state index contributed by atoms with van der Waals surface area (Å²) in [4.78, 5) is 11.0. The largest absolute Gasteiger partial charge is 0.497 e. The first-order valence-electron chi connectivity index (χ1n) is 5.28. The van der Waals surface area contributed by atoms with Crippen molar-refractivity contribution < 1.29 is 14.6 Å². The summed E-state index contributed by atoms with van der Waals surface area (Å²) in [5.74, 6) is -0.168. The summed E-state index contributed by atoms with van der Waals surface area (Å²) in [5, 5.41) is 9.02. The molecule has 3 nitrogen and oxygen atoms in total. The molecule has 4 heteroatoms. The van der Waals surface area contributed by atoms with Gasteiger partial charge in [-0.3, -0.25) is 0 Å². The van der Waals surface area contributed by atoms with Crippen LogP contribution in [0.15, 0.2) is 46.9 Å². The van der Waals surface area contributed by atoms with E-state index >= 15 is 0 Å². The first-order valence-corrected chi connectivity index (χ1v) is 6.08. The standard InChI is InChI=1S/C14H11BrO3/c1-18-13-4-2-9(3-5-13)10-6-11(14(16)17)8-12(15)7-10/h2-8H,1H3,(H,16,17). The molecule has 0 bridgehead atoms. The number of carbonyl (C=O) groups is 1. The van der Waals surface area contributed by atoms with Crippen molar-refractivity contribution in [3.8, 4) is 16.9 Å². The second-order valence-corrected chi connectivity index (χ2v) is 4.68. The Labute approximate surface area is 113 Å². The Morgan fingerprint density at radius 1 is 1.11 bits per heavy atom. The van der Waals surface area contributed by atoms with Crippen LogP contribution in [0, 0.1) is 0 Å². The fourth-order valence-corrected chi connectivity index (χ4v) is 2.16. The Bertz CT molecular complexity index is 576. The lowest BCUT2D eigenvalue weighted by Gasteiger charge is -2.06. The molecule has 0 spiro atoms. The number of carboxylic acids is 1. The molecule has 2 rings (SSSR count). The van der Waals surface area contributed by atoms with Crippen LogP contribution in [0.2, 0.25) is 0 Å². The first-order chi connectivity index (χ1) is 8.60. The average Bonchev–Trinajstić information content (AvgIpc) is 2.38. The van der Waals surface area contributed by atoms with Crippen LogP contribution in [-0.2, 0) is 0 Å². The highest BCUT2D eigenvalue weighted by atomic mass is 79.9. The van der Waals surface area contributed by atoms with Crippen LogP contribution >= 0.6 is 15.9 Å². The van der Waals surface area contributed by atoms with Crippen LogP contribution in [-0.4, -0.2) is 18.2 Å². The Kier molecular flexibility index (Phi) is 3.67. The van der Waals surface area contributed by atoms with Crippen molar-refractivity contribution >= 4 is 21.9 Å². The van der Waals surface area contributed by atoms with Gasteiger partial charge in [0.05, 0.1) is 12.7 Å². The zero-order valence-electron chi connectivity index (χ0n) is 9.68. The third kappa shape index (κ3) is 2.71. The third-order valence-corrected chi connectivity index (χ3v) is 3.03. The summed E-state index contributed by atoms with van der Waals surface area (Å²) in [5.41, 5.74) is 2.05. The molecule has 0 aliphatic carbocycles. The summed E-state index contributed by atoms with van der Waals surface area (Å²) in [6.45, 7) is 0.